The van der Waals surface area contributed by atoms with E-state index in [9.17, 15) is 0 Å². The van der Waals surface area contributed by atoms with E-state index >= 15 is 0 Å². The van der Waals surface area contributed by atoms with E-state index in [1.165, 1.54) is 16.7 Å². The third-order valence-corrected chi connectivity index (χ3v) is 2.56. The monoisotopic (exact) mass is 272 g/mol. The number of benzene rings is 1. The number of allylic oxidation sites excluding steroid dienone is 4. The van der Waals surface area contributed by atoms with E-state index < -0.39 is 0 Å². The minimum absolute atomic E-state index is 0. The van der Waals surface area contributed by atoms with Crippen LogP contribution in [0.25, 0.3) is 5.57 Å². The average Bonchev–Trinajstić information content (AvgIpc) is 2.30. The third kappa shape index (κ3) is 3.39. The second kappa shape index (κ2) is 6.40. The van der Waals surface area contributed by atoms with Crippen LogP contribution < -0.4 is 0 Å². The Morgan fingerprint density at radius 2 is 2.13 bits per heavy atom. The molecule has 0 unspecified atom stereocenters. The van der Waals surface area contributed by atoms with Gasteiger partial charge in [-0.1, -0.05) is 37.5 Å². The Morgan fingerprint density at radius 3 is 2.80 bits per heavy atom. The molecule has 1 radical (unpaired) electrons. The molecule has 1 aliphatic rings. The molecule has 0 amide bonds. The van der Waals surface area contributed by atoms with Crippen molar-refractivity contribution in [1.82, 2.24) is 0 Å². The predicted octanol–water partition coefficient (Wildman–Crippen LogP) is 3.78. The Bertz CT molecular complexity index is 375. The Kier molecular flexibility index (Phi) is 5.49. The van der Waals surface area contributed by atoms with Crippen LogP contribution in [-0.2, 0) is 39.1 Å². The summed E-state index contributed by atoms with van der Waals surface area (Å²) in [7, 11) is 0. The van der Waals surface area contributed by atoms with Crippen molar-refractivity contribution in [3.05, 3.63) is 53.6 Å². The van der Waals surface area contributed by atoms with Gasteiger partial charge >= 0.3 is 0 Å². The van der Waals surface area contributed by atoms with E-state index in [1.54, 1.807) is 0 Å². The summed E-state index contributed by atoms with van der Waals surface area (Å²) in [4.78, 5) is 0. The van der Waals surface area contributed by atoms with E-state index in [1.807, 2.05) is 0 Å². The molecule has 0 nitrogen and oxygen atoms in total. The van der Waals surface area contributed by atoms with Crippen LogP contribution in [0.5, 0.6) is 0 Å². The van der Waals surface area contributed by atoms with Crippen LogP contribution in [0.3, 0.4) is 0 Å². The molecule has 1 aromatic carbocycles. The van der Waals surface area contributed by atoms with Crippen molar-refractivity contribution in [1.29, 1.82) is 0 Å². The standard InChI is InChI=1S/C14H15.Y/c1-2-12-7-6-10-14(11-12)13-8-4-3-5-9-13;/h4,6-7,9-11H,2-3,5H2,1H3;/q-1;. The fourth-order valence-corrected chi connectivity index (χ4v) is 1.71. The molecule has 0 spiro atoms. The smallest absolute Gasteiger partial charge is 0 e. The zero-order chi connectivity index (χ0) is 9.80. The van der Waals surface area contributed by atoms with Gasteiger partial charge in [-0.15, -0.1) is 23.8 Å². The van der Waals surface area contributed by atoms with E-state index in [-0.39, 0.29) is 32.7 Å². The van der Waals surface area contributed by atoms with Gasteiger partial charge in [-0.3, -0.25) is 0 Å². The number of rotatable bonds is 2. The average molecular weight is 272 g/mol. The molecule has 0 saturated heterocycles. The van der Waals surface area contributed by atoms with Crippen molar-refractivity contribution in [3.63, 3.8) is 0 Å². The van der Waals surface area contributed by atoms with Crippen LogP contribution in [0, 0.1) is 6.08 Å². The molecule has 0 N–H and O–H groups in total. The summed E-state index contributed by atoms with van der Waals surface area (Å²) in [6.07, 6.45) is 11.1. The summed E-state index contributed by atoms with van der Waals surface area (Å²) >= 11 is 0. The predicted molar refractivity (Wildman–Crippen MR) is 60.8 cm³/mol. The van der Waals surface area contributed by atoms with Gasteiger partial charge in [0.15, 0.2) is 0 Å². The van der Waals surface area contributed by atoms with Crippen LogP contribution in [0.15, 0.2) is 36.4 Å². The summed E-state index contributed by atoms with van der Waals surface area (Å²) < 4.78 is 0. The molecule has 1 heteroatoms. The van der Waals surface area contributed by atoms with Gasteiger partial charge in [0.05, 0.1) is 0 Å². The van der Waals surface area contributed by atoms with Gasteiger partial charge in [0.1, 0.15) is 0 Å². The first-order valence-electron chi connectivity index (χ1n) is 5.28. The summed E-state index contributed by atoms with van der Waals surface area (Å²) in [5.41, 5.74) is 3.96. The second-order valence-corrected chi connectivity index (χ2v) is 3.60. The van der Waals surface area contributed by atoms with Gasteiger partial charge in [0, 0.05) is 32.7 Å². The SMILES string of the molecule is CCc1cccc(C2=CCCC=[C-]2)c1.[Y]. The summed E-state index contributed by atoms with van der Waals surface area (Å²) in [6, 6.07) is 8.73. The molecule has 1 aliphatic carbocycles. The number of aryl methyl sites for hydroxylation is 1. The number of hydrogen-bond acceptors (Lipinski definition) is 0. The Balaban J connectivity index is 0.00000112. The summed E-state index contributed by atoms with van der Waals surface area (Å²) in [5, 5.41) is 0. The largest absolute Gasteiger partial charge is 0.190 e. The minimum atomic E-state index is 0. The van der Waals surface area contributed by atoms with Crippen molar-refractivity contribution in [2.24, 2.45) is 0 Å². The van der Waals surface area contributed by atoms with Gasteiger partial charge in [-0.2, -0.15) is 17.7 Å². The van der Waals surface area contributed by atoms with Crippen molar-refractivity contribution in [2.45, 2.75) is 26.2 Å². The topological polar surface area (TPSA) is 0 Å². The van der Waals surface area contributed by atoms with Crippen LogP contribution in [-0.4, -0.2) is 0 Å². The summed E-state index contributed by atoms with van der Waals surface area (Å²) in [5.74, 6) is 0. The van der Waals surface area contributed by atoms with Crippen molar-refractivity contribution >= 4 is 5.57 Å². The van der Waals surface area contributed by atoms with Crippen LogP contribution in [0.4, 0.5) is 0 Å². The van der Waals surface area contributed by atoms with Gasteiger partial charge in [0.25, 0.3) is 0 Å². The van der Waals surface area contributed by atoms with Crippen molar-refractivity contribution in [2.75, 3.05) is 0 Å². The first-order valence-corrected chi connectivity index (χ1v) is 5.28. The molecular formula is C14H15Y-. The van der Waals surface area contributed by atoms with Crippen molar-refractivity contribution in [3.8, 4) is 0 Å². The fourth-order valence-electron chi connectivity index (χ4n) is 1.71. The Morgan fingerprint density at radius 1 is 1.27 bits per heavy atom. The molecule has 1 aromatic rings. The minimum Gasteiger partial charge on any atom is -0.190 e. The molecular weight excluding hydrogens is 257 g/mol. The van der Waals surface area contributed by atoms with Gasteiger partial charge in [-0.25, -0.2) is 0 Å². The number of hydrogen-bond donors (Lipinski definition) is 0. The molecule has 0 atom stereocenters. The van der Waals surface area contributed by atoms with Crippen molar-refractivity contribution < 1.29 is 32.7 Å². The normalized spacial score (nSPS) is 14.3. The van der Waals surface area contributed by atoms with E-state index in [4.69, 9.17) is 0 Å². The maximum absolute atomic E-state index is 3.32. The van der Waals surface area contributed by atoms with E-state index in [0.29, 0.717) is 0 Å². The van der Waals surface area contributed by atoms with Gasteiger partial charge in [-0.05, 0) is 6.42 Å². The fraction of sp³-hybridized carbons (Fsp3) is 0.286. The molecule has 75 valence electrons. The third-order valence-electron chi connectivity index (χ3n) is 2.56. The van der Waals surface area contributed by atoms with Gasteiger partial charge < -0.3 is 0 Å². The quantitative estimate of drug-likeness (QED) is 0.719. The van der Waals surface area contributed by atoms with Crippen LogP contribution >= 0.6 is 0 Å². The second-order valence-electron chi connectivity index (χ2n) is 3.60. The molecule has 15 heavy (non-hydrogen) atoms. The van der Waals surface area contributed by atoms with Gasteiger partial charge in [0.2, 0.25) is 0 Å². The molecule has 0 aliphatic heterocycles. The first kappa shape index (κ1) is 12.9. The molecule has 0 saturated carbocycles. The summed E-state index contributed by atoms with van der Waals surface area (Å²) in [6.45, 7) is 2.19. The van der Waals surface area contributed by atoms with Crippen LogP contribution in [0.1, 0.15) is 30.9 Å². The Labute approximate surface area is 117 Å². The Hall–Kier alpha value is -0.196. The van der Waals surface area contributed by atoms with Crippen LogP contribution in [0.2, 0.25) is 0 Å². The maximum Gasteiger partial charge on any atom is 0 e. The molecule has 0 heterocycles. The molecule has 0 bridgehead atoms. The molecule has 0 aromatic heterocycles. The molecule has 2 rings (SSSR count). The first-order chi connectivity index (χ1) is 6.90. The zero-order valence-electron chi connectivity index (χ0n) is 9.16. The van der Waals surface area contributed by atoms with E-state index in [0.717, 1.165) is 19.3 Å². The van der Waals surface area contributed by atoms with E-state index in [2.05, 4.69) is 49.4 Å². The zero-order valence-corrected chi connectivity index (χ0v) is 12.0. The maximum atomic E-state index is 3.32. The molecule has 0 fully saturated rings.